The van der Waals surface area contributed by atoms with Gasteiger partial charge in [-0.1, -0.05) is 32.1 Å². The predicted octanol–water partition coefficient (Wildman–Crippen LogP) is 2.20. The SMILES string of the molecule is C#C.C1CCCC1. The van der Waals surface area contributed by atoms with Crippen molar-refractivity contribution in [3.8, 4) is 12.8 Å². The second kappa shape index (κ2) is 5.56. The van der Waals surface area contributed by atoms with Crippen molar-refractivity contribution in [3.63, 3.8) is 0 Å². The molecule has 40 valence electrons. The first-order valence-electron chi connectivity index (χ1n) is 2.83. The van der Waals surface area contributed by atoms with E-state index in [0.29, 0.717) is 0 Å². The third-order valence-corrected chi connectivity index (χ3v) is 1.25. The zero-order chi connectivity index (χ0) is 5.54. The van der Waals surface area contributed by atoms with Crippen LogP contribution in [0.2, 0.25) is 0 Å². The molecule has 0 spiro atoms. The number of hydrogen-bond acceptors (Lipinski definition) is 0. The van der Waals surface area contributed by atoms with Crippen molar-refractivity contribution in [1.29, 1.82) is 0 Å². The maximum atomic E-state index is 4.00. The Morgan fingerprint density at radius 3 is 0.857 bits per heavy atom. The van der Waals surface area contributed by atoms with Gasteiger partial charge in [0, 0.05) is 0 Å². The highest BCUT2D eigenvalue weighted by Gasteiger charge is 1.95. The molecule has 0 aromatic carbocycles. The van der Waals surface area contributed by atoms with Gasteiger partial charge in [-0.2, -0.15) is 0 Å². The van der Waals surface area contributed by atoms with E-state index in [1.165, 1.54) is 32.1 Å². The van der Waals surface area contributed by atoms with E-state index in [1.807, 2.05) is 0 Å². The molecule has 0 heteroatoms. The normalized spacial score (nSPS) is 17.4. The Morgan fingerprint density at radius 1 is 0.571 bits per heavy atom. The molecule has 0 aromatic heterocycles. The van der Waals surface area contributed by atoms with Crippen molar-refractivity contribution in [3.05, 3.63) is 0 Å². The quantitative estimate of drug-likeness (QED) is 0.405. The molecule has 0 bridgehead atoms. The van der Waals surface area contributed by atoms with Crippen LogP contribution in [0.25, 0.3) is 0 Å². The fourth-order valence-corrected chi connectivity index (χ4v) is 0.884. The van der Waals surface area contributed by atoms with Crippen LogP contribution in [0.5, 0.6) is 0 Å². The van der Waals surface area contributed by atoms with Crippen LogP contribution in [0, 0.1) is 12.8 Å². The van der Waals surface area contributed by atoms with E-state index in [4.69, 9.17) is 0 Å². The summed E-state index contributed by atoms with van der Waals surface area (Å²) < 4.78 is 0. The summed E-state index contributed by atoms with van der Waals surface area (Å²) in [6.07, 6.45) is 15.5. The standard InChI is InChI=1S/C5H10.C2H2/c1-2-4-5-3-1;1-2/h1-5H2;1-2H. The first-order chi connectivity index (χ1) is 3.50. The number of rotatable bonds is 0. The average molecular weight is 96.2 g/mol. The molecule has 0 amide bonds. The van der Waals surface area contributed by atoms with Crippen LogP contribution in [0.1, 0.15) is 32.1 Å². The fraction of sp³-hybridized carbons (Fsp3) is 0.714. The Hall–Kier alpha value is -0.440. The number of hydrogen-bond donors (Lipinski definition) is 0. The third kappa shape index (κ3) is 3.39. The highest BCUT2D eigenvalue weighted by Crippen LogP contribution is 2.15. The highest BCUT2D eigenvalue weighted by molar-refractivity contribution is 4.51. The lowest BCUT2D eigenvalue weighted by Gasteiger charge is -1.67. The minimum atomic E-state index is 1.50. The van der Waals surface area contributed by atoms with Crippen LogP contribution >= 0.6 is 0 Å². The topological polar surface area (TPSA) is 0 Å². The Balaban J connectivity index is 0.000000162. The molecular formula is C7H12. The summed E-state index contributed by atoms with van der Waals surface area (Å²) in [6.45, 7) is 0. The molecule has 0 nitrogen and oxygen atoms in total. The molecule has 0 unspecified atom stereocenters. The lowest BCUT2D eigenvalue weighted by Crippen LogP contribution is -1.47. The van der Waals surface area contributed by atoms with Crippen molar-refractivity contribution in [2.45, 2.75) is 32.1 Å². The van der Waals surface area contributed by atoms with Crippen molar-refractivity contribution in [2.24, 2.45) is 0 Å². The van der Waals surface area contributed by atoms with E-state index in [9.17, 15) is 0 Å². The Labute approximate surface area is 45.9 Å². The van der Waals surface area contributed by atoms with E-state index >= 15 is 0 Å². The molecular weight excluding hydrogens is 84.1 g/mol. The van der Waals surface area contributed by atoms with Crippen LogP contribution in [0.3, 0.4) is 0 Å². The maximum Gasteiger partial charge on any atom is -0.0533 e. The van der Waals surface area contributed by atoms with E-state index in [2.05, 4.69) is 12.8 Å². The zero-order valence-corrected chi connectivity index (χ0v) is 4.69. The van der Waals surface area contributed by atoms with Gasteiger partial charge in [-0.05, 0) is 0 Å². The summed E-state index contributed by atoms with van der Waals surface area (Å²) in [7, 11) is 0. The van der Waals surface area contributed by atoms with E-state index in [-0.39, 0.29) is 0 Å². The second-order valence-electron chi connectivity index (χ2n) is 1.77. The largest absolute Gasteiger partial charge is 0.124 e. The van der Waals surface area contributed by atoms with Crippen molar-refractivity contribution in [2.75, 3.05) is 0 Å². The lowest BCUT2D eigenvalue weighted by atomic mass is 10.4. The first kappa shape index (κ1) is 6.56. The molecule has 0 N–H and O–H groups in total. The molecule has 1 saturated carbocycles. The summed E-state index contributed by atoms with van der Waals surface area (Å²) >= 11 is 0. The molecule has 1 fully saturated rings. The molecule has 0 atom stereocenters. The molecule has 0 aromatic rings. The zero-order valence-electron chi connectivity index (χ0n) is 4.69. The first-order valence-corrected chi connectivity index (χ1v) is 2.83. The van der Waals surface area contributed by atoms with Crippen LogP contribution in [0.4, 0.5) is 0 Å². The number of terminal acetylenes is 1. The molecule has 1 rings (SSSR count). The maximum absolute atomic E-state index is 4.00. The van der Waals surface area contributed by atoms with Crippen molar-refractivity contribution < 1.29 is 0 Å². The van der Waals surface area contributed by atoms with Crippen LogP contribution in [0.15, 0.2) is 0 Å². The molecule has 1 aliphatic rings. The van der Waals surface area contributed by atoms with Crippen LogP contribution < -0.4 is 0 Å². The molecule has 1 aliphatic carbocycles. The summed E-state index contributed by atoms with van der Waals surface area (Å²) in [6, 6.07) is 0. The van der Waals surface area contributed by atoms with Crippen molar-refractivity contribution in [1.82, 2.24) is 0 Å². The molecule has 0 saturated heterocycles. The van der Waals surface area contributed by atoms with Gasteiger partial charge in [0.05, 0.1) is 0 Å². The third-order valence-electron chi connectivity index (χ3n) is 1.25. The van der Waals surface area contributed by atoms with Gasteiger partial charge in [-0.25, -0.2) is 0 Å². The van der Waals surface area contributed by atoms with Gasteiger partial charge >= 0.3 is 0 Å². The van der Waals surface area contributed by atoms with E-state index < -0.39 is 0 Å². The van der Waals surface area contributed by atoms with Gasteiger partial charge in [-0.15, -0.1) is 12.8 Å². The average Bonchev–Trinajstić information content (AvgIpc) is 2.23. The second-order valence-corrected chi connectivity index (χ2v) is 1.77. The Bertz CT molecular complexity index is 31.6. The summed E-state index contributed by atoms with van der Waals surface area (Å²) in [5, 5.41) is 0. The van der Waals surface area contributed by atoms with Crippen LogP contribution in [-0.4, -0.2) is 0 Å². The molecule has 0 heterocycles. The fourth-order valence-electron chi connectivity index (χ4n) is 0.884. The summed E-state index contributed by atoms with van der Waals surface area (Å²) in [5.74, 6) is 0. The Kier molecular flexibility index (Phi) is 5.21. The predicted molar refractivity (Wildman–Crippen MR) is 33.0 cm³/mol. The monoisotopic (exact) mass is 96.1 g/mol. The smallest absolute Gasteiger partial charge is 0.0533 e. The Morgan fingerprint density at radius 2 is 0.714 bits per heavy atom. The highest BCUT2D eigenvalue weighted by atomic mass is 14.0. The van der Waals surface area contributed by atoms with Gasteiger partial charge in [-0.3, -0.25) is 0 Å². The molecule has 7 heavy (non-hydrogen) atoms. The van der Waals surface area contributed by atoms with Crippen LogP contribution in [-0.2, 0) is 0 Å². The minimum absolute atomic E-state index is 1.50. The molecule has 0 aliphatic heterocycles. The van der Waals surface area contributed by atoms with Crippen molar-refractivity contribution >= 4 is 0 Å². The van der Waals surface area contributed by atoms with E-state index in [1.54, 1.807) is 0 Å². The van der Waals surface area contributed by atoms with E-state index in [0.717, 1.165) is 0 Å². The van der Waals surface area contributed by atoms with Gasteiger partial charge in [0.2, 0.25) is 0 Å². The van der Waals surface area contributed by atoms with Gasteiger partial charge in [0.25, 0.3) is 0 Å². The van der Waals surface area contributed by atoms with Gasteiger partial charge in [0.15, 0.2) is 0 Å². The van der Waals surface area contributed by atoms with Gasteiger partial charge in [0.1, 0.15) is 0 Å². The summed E-state index contributed by atoms with van der Waals surface area (Å²) in [4.78, 5) is 0. The summed E-state index contributed by atoms with van der Waals surface area (Å²) in [5.41, 5.74) is 0. The minimum Gasteiger partial charge on any atom is -0.124 e. The van der Waals surface area contributed by atoms with Gasteiger partial charge < -0.3 is 0 Å². The molecule has 0 radical (unpaired) electrons. The lowest BCUT2D eigenvalue weighted by molar-refractivity contribution is 0.886.